The molecule has 2 aromatic rings. The molecule has 0 saturated carbocycles. The molecule has 7 heteroatoms. The van der Waals surface area contributed by atoms with Gasteiger partial charge in [-0.05, 0) is 30.3 Å². The summed E-state index contributed by atoms with van der Waals surface area (Å²) in [6.45, 7) is 0. The van der Waals surface area contributed by atoms with E-state index in [0.29, 0.717) is 5.69 Å². The van der Waals surface area contributed by atoms with Gasteiger partial charge in [-0.2, -0.15) is 5.26 Å². The normalized spacial score (nSPS) is 10.7. The van der Waals surface area contributed by atoms with Crippen molar-refractivity contribution in [3.63, 3.8) is 0 Å². The molecular weight excluding hydrogens is 330 g/mol. The van der Waals surface area contributed by atoms with Gasteiger partial charge in [-0.1, -0.05) is 22.0 Å². The van der Waals surface area contributed by atoms with Crippen molar-refractivity contribution in [1.29, 1.82) is 5.26 Å². The van der Waals surface area contributed by atoms with Crippen LogP contribution >= 0.6 is 15.9 Å². The average Bonchev–Trinajstić information content (AvgIpc) is 2.38. The molecule has 1 heterocycles. The molecule has 19 heavy (non-hydrogen) atoms. The summed E-state index contributed by atoms with van der Waals surface area (Å²) < 4.78 is 27.3. The Balaban J connectivity index is 2.30. The molecule has 96 valence electrons. The lowest BCUT2D eigenvalue weighted by atomic mass is 10.3. The maximum Gasteiger partial charge on any atom is 0.263 e. The predicted molar refractivity (Wildman–Crippen MR) is 73.9 cm³/mol. The van der Waals surface area contributed by atoms with Gasteiger partial charge in [0, 0.05) is 16.4 Å². The number of benzene rings is 1. The highest BCUT2D eigenvalue weighted by Gasteiger charge is 2.14. The highest BCUT2D eigenvalue weighted by atomic mass is 79.9. The van der Waals surface area contributed by atoms with E-state index in [9.17, 15) is 8.42 Å². The predicted octanol–water partition coefficient (Wildman–Crippen LogP) is 2.52. The summed E-state index contributed by atoms with van der Waals surface area (Å²) in [6, 6.07) is 11.3. The van der Waals surface area contributed by atoms with Gasteiger partial charge in [0.25, 0.3) is 10.0 Å². The second kappa shape index (κ2) is 5.38. The molecule has 5 nitrogen and oxygen atoms in total. The first-order chi connectivity index (χ1) is 9.01. The Bertz CT molecular complexity index is 736. The van der Waals surface area contributed by atoms with Gasteiger partial charge in [0.05, 0.1) is 0 Å². The molecule has 0 atom stereocenters. The molecule has 1 aromatic carbocycles. The fraction of sp³-hybridized carbons (Fsp3) is 0. The second-order valence-electron chi connectivity index (χ2n) is 3.61. The van der Waals surface area contributed by atoms with E-state index in [1.165, 1.54) is 12.1 Å². The van der Waals surface area contributed by atoms with Crippen LogP contribution < -0.4 is 4.72 Å². The number of nitrogens with one attached hydrogen (secondary N) is 1. The van der Waals surface area contributed by atoms with Crippen LogP contribution in [0.4, 0.5) is 5.69 Å². The van der Waals surface area contributed by atoms with Crippen LogP contribution in [0.5, 0.6) is 0 Å². The van der Waals surface area contributed by atoms with Crippen LogP contribution in [0.25, 0.3) is 0 Å². The number of hydrogen-bond donors (Lipinski definition) is 1. The number of aromatic nitrogens is 1. The monoisotopic (exact) mass is 337 g/mol. The van der Waals surface area contributed by atoms with Crippen molar-refractivity contribution in [3.05, 3.63) is 52.8 Å². The van der Waals surface area contributed by atoms with E-state index in [2.05, 4.69) is 25.6 Å². The smallest absolute Gasteiger partial charge is 0.263 e. The molecule has 2 rings (SSSR count). The Morgan fingerprint density at radius 1 is 1.26 bits per heavy atom. The largest absolute Gasteiger partial charge is 0.280 e. The van der Waals surface area contributed by atoms with Crippen molar-refractivity contribution in [3.8, 4) is 6.07 Å². The number of sulfonamides is 1. The number of nitrogens with zero attached hydrogens (tertiary/aromatic N) is 2. The summed E-state index contributed by atoms with van der Waals surface area (Å²) in [7, 11) is -3.70. The lowest BCUT2D eigenvalue weighted by molar-refractivity contribution is 0.601. The Morgan fingerprint density at radius 3 is 2.63 bits per heavy atom. The zero-order chi connectivity index (χ0) is 13.9. The van der Waals surface area contributed by atoms with Crippen molar-refractivity contribution in [1.82, 2.24) is 4.98 Å². The van der Waals surface area contributed by atoms with Crippen molar-refractivity contribution >= 4 is 31.6 Å². The van der Waals surface area contributed by atoms with Gasteiger partial charge in [0.1, 0.15) is 16.7 Å². The molecule has 1 aromatic heterocycles. The average molecular weight is 338 g/mol. The number of anilines is 1. The van der Waals surface area contributed by atoms with Crippen LogP contribution in [0.1, 0.15) is 5.69 Å². The summed E-state index contributed by atoms with van der Waals surface area (Å²) in [5.41, 5.74) is 0.611. The van der Waals surface area contributed by atoms with Crippen molar-refractivity contribution < 1.29 is 8.42 Å². The van der Waals surface area contributed by atoms with Crippen molar-refractivity contribution in [2.45, 2.75) is 4.90 Å². The molecule has 0 bridgehead atoms. The summed E-state index contributed by atoms with van der Waals surface area (Å²) in [6.07, 6.45) is 1.15. The van der Waals surface area contributed by atoms with Crippen LogP contribution in [-0.4, -0.2) is 13.4 Å². The molecule has 0 fully saturated rings. The van der Waals surface area contributed by atoms with E-state index in [0.717, 1.165) is 10.7 Å². The lowest BCUT2D eigenvalue weighted by Gasteiger charge is -2.07. The summed E-state index contributed by atoms with van der Waals surface area (Å²) >= 11 is 3.26. The van der Waals surface area contributed by atoms with Gasteiger partial charge < -0.3 is 0 Å². The molecule has 0 aliphatic rings. The fourth-order valence-electron chi connectivity index (χ4n) is 1.37. The quantitative estimate of drug-likeness (QED) is 0.932. The second-order valence-corrected chi connectivity index (χ2v) is 6.20. The Hall–Kier alpha value is -1.91. The molecule has 0 spiro atoms. The van der Waals surface area contributed by atoms with E-state index in [1.54, 1.807) is 24.3 Å². The van der Waals surface area contributed by atoms with Crippen molar-refractivity contribution in [2.75, 3.05) is 4.72 Å². The third-order valence-corrected chi connectivity index (χ3v) is 4.10. The summed E-state index contributed by atoms with van der Waals surface area (Å²) in [5, 5.41) is 8.61. The van der Waals surface area contributed by atoms with Crippen LogP contribution in [0, 0.1) is 11.3 Å². The van der Waals surface area contributed by atoms with E-state index in [1.807, 2.05) is 6.07 Å². The van der Waals surface area contributed by atoms with E-state index < -0.39 is 10.0 Å². The van der Waals surface area contributed by atoms with Crippen LogP contribution in [0.3, 0.4) is 0 Å². The van der Waals surface area contributed by atoms with E-state index >= 15 is 0 Å². The Kier molecular flexibility index (Phi) is 3.83. The first-order valence-corrected chi connectivity index (χ1v) is 7.43. The third kappa shape index (κ3) is 3.30. The van der Waals surface area contributed by atoms with E-state index in [-0.39, 0.29) is 10.6 Å². The van der Waals surface area contributed by atoms with Gasteiger partial charge >= 0.3 is 0 Å². The Morgan fingerprint density at radius 2 is 2.05 bits per heavy atom. The first-order valence-electron chi connectivity index (χ1n) is 5.16. The lowest BCUT2D eigenvalue weighted by Crippen LogP contribution is -2.13. The number of rotatable bonds is 3. The van der Waals surface area contributed by atoms with Gasteiger partial charge in [-0.3, -0.25) is 4.72 Å². The van der Waals surface area contributed by atoms with Crippen LogP contribution in [-0.2, 0) is 10.0 Å². The zero-order valence-corrected chi connectivity index (χ0v) is 11.9. The van der Waals surface area contributed by atoms with Gasteiger partial charge in [0.15, 0.2) is 0 Å². The summed E-state index contributed by atoms with van der Waals surface area (Å²) in [5.74, 6) is 0. The minimum Gasteiger partial charge on any atom is -0.280 e. The van der Waals surface area contributed by atoms with Gasteiger partial charge in [-0.15, -0.1) is 0 Å². The number of hydrogen-bond acceptors (Lipinski definition) is 4. The maximum absolute atomic E-state index is 12.1. The first kappa shape index (κ1) is 13.5. The molecule has 0 saturated heterocycles. The van der Waals surface area contributed by atoms with Crippen LogP contribution in [0.2, 0.25) is 0 Å². The standard InChI is InChI=1S/C12H8BrN3O2S/c13-9-2-1-3-10(6-9)16-19(17,18)12-5-4-11(7-14)15-8-12/h1-6,8,16H. The molecule has 0 aliphatic heterocycles. The highest BCUT2D eigenvalue weighted by Crippen LogP contribution is 2.19. The molecule has 1 N–H and O–H groups in total. The molecule has 0 aliphatic carbocycles. The number of pyridine rings is 1. The van der Waals surface area contributed by atoms with Crippen LogP contribution in [0.15, 0.2) is 52.0 Å². The van der Waals surface area contributed by atoms with E-state index in [4.69, 9.17) is 5.26 Å². The Labute approximate surface area is 119 Å². The zero-order valence-electron chi connectivity index (χ0n) is 9.54. The molecule has 0 amide bonds. The maximum atomic E-state index is 12.1. The minimum absolute atomic E-state index is 0.00600. The molecule has 0 radical (unpaired) electrons. The highest BCUT2D eigenvalue weighted by molar-refractivity contribution is 9.10. The number of halogens is 1. The minimum atomic E-state index is -3.70. The topological polar surface area (TPSA) is 82.8 Å². The SMILES string of the molecule is N#Cc1ccc(S(=O)(=O)Nc2cccc(Br)c2)cn1. The molecule has 0 unspecified atom stereocenters. The van der Waals surface area contributed by atoms with Gasteiger partial charge in [0.2, 0.25) is 0 Å². The van der Waals surface area contributed by atoms with Gasteiger partial charge in [-0.25, -0.2) is 13.4 Å². The third-order valence-electron chi connectivity index (χ3n) is 2.24. The summed E-state index contributed by atoms with van der Waals surface area (Å²) in [4.78, 5) is 3.74. The van der Waals surface area contributed by atoms with Crippen molar-refractivity contribution in [2.24, 2.45) is 0 Å². The number of nitriles is 1. The molecular formula is C12H8BrN3O2S. The fourth-order valence-corrected chi connectivity index (χ4v) is 2.76.